The normalized spacial score (nSPS) is 20.7. The van der Waals surface area contributed by atoms with E-state index in [1.807, 2.05) is 30.3 Å². The van der Waals surface area contributed by atoms with E-state index < -0.39 is 18.1 Å². The van der Waals surface area contributed by atoms with Gasteiger partial charge < -0.3 is 14.8 Å². The number of amides is 2. The summed E-state index contributed by atoms with van der Waals surface area (Å²) in [4.78, 5) is 23.8. The molecule has 2 atom stereocenters. The molecule has 0 saturated heterocycles. The van der Waals surface area contributed by atoms with Gasteiger partial charge in [-0.05, 0) is 24.3 Å². The van der Waals surface area contributed by atoms with Crippen molar-refractivity contribution in [3.05, 3.63) is 66.2 Å². The zero-order chi connectivity index (χ0) is 17.9. The second-order valence-electron chi connectivity index (χ2n) is 5.80. The minimum absolute atomic E-state index is 0.128. The molecule has 7 nitrogen and oxygen atoms in total. The lowest BCUT2D eigenvalue weighted by atomic mass is 10.0. The minimum Gasteiger partial charge on any atom is -0.485 e. The van der Waals surface area contributed by atoms with Gasteiger partial charge in [-0.15, -0.1) is 5.11 Å². The highest BCUT2D eigenvalue weighted by Gasteiger charge is 2.28. The van der Waals surface area contributed by atoms with Crippen molar-refractivity contribution in [3.8, 4) is 11.5 Å². The SMILES string of the molecule is O=C1C=CC(c2ccccc2NC(=O)C2COc3ccccc3O2)N=N1. The van der Waals surface area contributed by atoms with Crippen LogP contribution >= 0.6 is 0 Å². The van der Waals surface area contributed by atoms with Crippen LogP contribution in [-0.4, -0.2) is 24.5 Å². The monoisotopic (exact) mass is 349 g/mol. The Morgan fingerprint density at radius 2 is 1.85 bits per heavy atom. The zero-order valence-corrected chi connectivity index (χ0v) is 13.7. The third-order valence-corrected chi connectivity index (χ3v) is 4.04. The molecule has 2 amide bonds. The molecule has 2 aliphatic rings. The van der Waals surface area contributed by atoms with Crippen molar-refractivity contribution in [2.45, 2.75) is 12.1 Å². The fourth-order valence-electron chi connectivity index (χ4n) is 2.76. The number of anilines is 1. The van der Waals surface area contributed by atoms with Crippen molar-refractivity contribution in [1.29, 1.82) is 0 Å². The van der Waals surface area contributed by atoms with E-state index in [9.17, 15) is 9.59 Å². The highest BCUT2D eigenvalue weighted by molar-refractivity contribution is 5.95. The maximum atomic E-state index is 12.6. The summed E-state index contributed by atoms with van der Waals surface area (Å²) >= 11 is 0. The third kappa shape index (κ3) is 3.19. The molecule has 2 heterocycles. The molecule has 26 heavy (non-hydrogen) atoms. The van der Waals surface area contributed by atoms with Gasteiger partial charge in [0.1, 0.15) is 12.6 Å². The van der Waals surface area contributed by atoms with Crippen molar-refractivity contribution < 1.29 is 19.1 Å². The van der Waals surface area contributed by atoms with Crippen LogP contribution in [0.5, 0.6) is 11.5 Å². The second kappa shape index (κ2) is 6.79. The molecule has 0 aliphatic carbocycles. The molecule has 0 fully saturated rings. The summed E-state index contributed by atoms with van der Waals surface area (Å²) in [6.07, 6.45) is 2.25. The average Bonchev–Trinajstić information content (AvgIpc) is 2.69. The summed E-state index contributed by atoms with van der Waals surface area (Å²) < 4.78 is 11.3. The predicted molar refractivity (Wildman–Crippen MR) is 93.2 cm³/mol. The fourth-order valence-corrected chi connectivity index (χ4v) is 2.76. The van der Waals surface area contributed by atoms with Crippen molar-refractivity contribution in [2.24, 2.45) is 10.2 Å². The van der Waals surface area contributed by atoms with Crippen LogP contribution in [0.4, 0.5) is 5.69 Å². The average molecular weight is 349 g/mol. The highest BCUT2D eigenvalue weighted by atomic mass is 16.6. The lowest BCUT2D eigenvalue weighted by molar-refractivity contribution is -0.125. The molecule has 1 N–H and O–H groups in total. The van der Waals surface area contributed by atoms with Gasteiger partial charge in [0.25, 0.3) is 11.8 Å². The lowest BCUT2D eigenvalue weighted by Gasteiger charge is -2.26. The highest BCUT2D eigenvalue weighted by Crippen LogP contribution is 2.32. The molecule has 130 valence electrons. The lowest BCUT2D eigenvalue weighted by Crippen LogP contribution is -2.40. The van der Waals surface area contributed by atoms with Crippen molar-refractivity contribution in [3.63, 3.8) is 0 Å². The number of hydrogen-bond donors (Lipinski definition) is 1. The first-order chi connectivity index (χ1) is 12.7. The Balaban J connectivity index is 1.51. The molecule has 0 saturated carbocycles. The van der Waals surface area contributed by atoms with Crippen LogP contribution in [-0.2, 0) is 9.59 Å². The van der Waals surface area contributed by atoms with E-state index in [-0.39, 0.29) is 12.5 Å². The summed E-state index contributed by atoms with van der Waals surface area (Å²) in [5.41, 5.74) is 1.33. The molecule has 2 aliphatic heterocycles. The standard InChI is InChI=1S/C19H15N3O4/c23-18-10-9-14(21-22-18)12-5-1-2-6-13(12)20-19(24)17-11-25-15-7-3-4-8-16(15)26-17/h1-10,14,17H,11H2,(H,20,24). The van der Waals surface area contributed by atoms with E-state index in [1.54, 1.807) is 24.3 Å². The van der Waals surface area contributed by atoms with Crippen LogP contribution in [0.2, 0.25) is 0 Å². The van der Waals surface area contributed by atoms with Gasteiger partial charge in [0.2, 0.25) is 6.10 Å². The predicted octanol–water partition coefficient (Wildman–Crippen LogP) is 3.05. The van der Waals surface area contributed by atoms with Gasteiger partial charge in [0.15, 0.2) is 11.5 Å². The van der Waals surface area contributed by atoms with E-state index in [4.69, 9.17) is 9.47 Å². The molecule has 0 aromatic heterocycles. The molecule has 0 radical (unpaired) electrons. The van der Waals surface area contributed by atoms with Gasteiger partial charge in [-0.25, -0.2) is 0 Å². The maximum absolute atomic E-state index is 12.6. The number of rotatable bonds is 3. The summed E-state index contributed by atoms with van der Waals surface area (Å²) in [5.74, 6) is 0.443. The van der Waals surface area contributed by atoms with Crippen molar-refractivity contribution >= 4 is 17.5 Å². The Hall–Kier alpha value is -3.48. The number of carbonyl (C=O) groups is 2. The van der Waals surface area contributed by atoms with Crippen molar-refractivity contribution in [2.75, 3.05) is 11.9 Å². The zero-order valence-electron chi connectivity index (χ0n) is 13.7. The minimum atomic E-state index is -0.761. The van der Waals surface area contributed by atoms with Gasteiger partial charge in [-0.2, -0.15) is 5.11 Å². The van der Waals surface area contributed by atoms with E-state index in [2.05, 4.69) is 15.5 Å². The van der Waals surface area contributed by atoms with Crippen LogP contribution < -0.4 is 14.8 Å². The molecule has 0 bridgehead atoms. The largest absolute Gasteiger partial charge is 0.485 e. The molecular weight excluding hydrogens is 334 g/mol. The van der Waals surface area contributed by atoms with Gasteiger partial charge in [-0.3, -0.25) is 9.59 Å². The van der Waals surface area contributed by atoms with E-state index in [0.717, 1.165) is 5.56 Å². The van der Waals surface area contributed by atoms with Crippen LogP contribution in [0.15, 0.2) is 70.9 Å². The Bertz CT molecular complexity index is 907. The Morgan fingerprint density at radius 3 is 2.65 bits per heavy atom. The molecule has 2 aromatic carbocycles. The number of ether oxygens (including phenoxy) is 2. The summed E-state index contributed by atoms with van der Waals surface area (Å²) in [7, 11) is 0. The molecule has 4 rings (SSSR count). The molecule has 7 heteroatoms. The second-order valence-corrected chi connectivity index (χ2v) is 5.80. The summed E-state index contributed by atoms with van der Waals surface area (Å²) in [5, 5.41) is 10.4. The molecule has 2 aromatic rings. The molecule has 2 unspecified atom stereocenters. The number of nitrogens with one attached hydrogen (secondary N) is 1. The number of benzene rings is 2. The molecule has 0 spiro atoms. The number of nitrogens with zero attached hydrogens (tertiary/aromatic N) is 2. The first-order valence-corrected chi connectivity index (χ1v) is 8.12. The first-order valence-electron chi connectivity index (χ1n) is 8.12. The number of azo groups is 1. The van der Waals surface area contributed by atoms with Crippen LogP contribution in [0.3, 0.4) is 0 Å². The van der Waals surface area contributed by atoms with Gasteiger partial charge in [0.05, 0.1) is 0 Å². The van der Waals surface area contributed by atoms with Crippen LogP contribution in [0.25, 0.3) is 0 Å². The topological polar surface area (TPSA) is 89.4 Å². The van der Waals surface area contributed by atoms with Crippen LogP contribution in [0, 0.1) is 0 Å². The summed E-state index contributed by atoms with van der Waals surface area (Å²) in [6.45, 7) is 0.128. The first kappa shape index (κ1) is 16.0. The van der Waals surface area contributed by atoms with Crippen molar-refractivity contribution in [1.82, 2.24) is 0 Å². The third-order valence-electron chi connectivity index (χ3n) is 4.04. The van der Waals surface area contributed by atoms with E-state index in [1.165, 1.54) is 6.08 Å². The van der Waals surface area contributed by atoms with E-state index >= 15 is 0 Å². The summed E-state index contributed by atoms with van der Waals surface area (Å²) in [6, 6.07) is 14.0. The Kier molecular flexibility index (Phi) is 4.18. The number of para-hydroxylation sites is 3. The smallest absolute Gasteiger partial charge is 0.287 e. The number of carbonyl (C=O) groups excluding carboxylic acids is 2. The Labute approximate surface area is 149 Å². The maximum Gasteiger partial charge on any atom is 0.287 e. The van der Waals surface area contributed by atoms with Gasteiger partial charge >= 0.3 is 0 Å². The van der Waals surface area contributed by atoms with Gasteiger partial charge in [-0.1, -0.05) is 30.3 Å². The van der Waals surface area contributed by atoms with Gasteiger partial charge in [0, 0.05) is 17.3 Å². The number of hydrogen-bond acceptors (Lipinski definition) is 5. The molecular formula is C19H15N3O4. The Morgan fingerprint density at radius 1 is 1.08 bits per heavy atom. The number of fused-ring (bicyclic) bond motifs is 1. The van der Waals surface area contributed by atoms with E-state index in [0.29, 0.717) is 17.2 Å². The fraction of sp³-hybridized carbons (Fsp3) is 0.158. The quantitative estimate of drug-likeness (QED) is 0.922. The van der Waals surface area contributed by atoms with Crippen LogP contribution in [0.1, 0.15) is 11.6 Å².